The highest BCUT2D eigenvalue weighted by Gasteiger charge is 2.40. The molecular weight excluding hydrogens is 273 g/mol. The zero-order chi connectivity index (χ0) is 15.1. The van der Waals surface area contributed by atoms with E-state index in [1.807, 2.05) is 0 Å². The van der Waals surface area contributed by atoms with Crippen molar-refractivity contribution in [3.05, 3.63) is 18.0 Å². The van der Waals surface area contributed by atoms with Crippen molar-refractivity contribution in [2.75, 3.05) is 23.7 Å². The molecule has 0 atom stereocenters. The second-order valence-electron chi connectivity index (χ2n) is 5.09. The van der Waals surface area contributed by atoms with Gasteiger partial charge in [0.05, 0.1) is 17.6 Å². The Morgan fingerprint density at radius 1 is 1.45 bits per heavy atom. The predicted molar refractivity (Wildman–Crippen MR) is 68.1 cm³/mol. The molecule has 2 rings (SSSR count). The third kappa shape index (κ3) is 2.37. The fourth-order valence-electron chi connectivity index (χ4n) is 2.17. The van der Waals surface area contributed by atoms with Gasteiger partial charge in [0.25, 0.3) is 0 Å². The fraction of sp³-hybridized carbons (Fsp3) is 0.500. The van der Waals surface area contributed by atoms with Gasteiger partial charge in [-0.3, -0.25) is 4.79 Å². The molecule has 0 radical (unpaired) electrons. The van der Waals surface area contributed by atoms with Crippen LogP contribution in [0.1, 0.15) is 19.5 Å². The number of piperazine rings is 1. The van der Waals surface area contributed by atoms with E-state index >= 15 is 0 Å². The van der Waals surface area contributed by atoms with Gasteiger partial charge in [-0.15, -0.1) is 0 Å². The van der Waals surface area contributed by atoms with Gasteiger partial charge in [-0.25, -0.2) is 4.98 Å². The Morgan fingerprint density at radius 2 is 2.10 bits per heavy atom. The minimum absolute atomic E-state index is 0.112. The summed E-state index contributed by atoms with van der Waals surface area (Å²) in [6, 6.07) is 0.885. The Morgan fingerprint density at radius 3 is 2.70 bits per heavy atom. The number of rotatable bonds is 1. The van der Waals surface area contributed by atoms with Crippen LogP contribution in [0.4, 0.5) is 24.5 Å². The molecule has 110 valence electrons. The standard InChI is InChI=1S/C12H15F3N4O/c1-11(2)10(20)17-3-4-19(11)8-5-9(12(13,14)15)18-6-7(8)16/h5-6H,3-4,16H2,1-2H3,(H,17,20). The van der Waals surface area contributed by atoms with Crippen LogP contribution in [0.5, 0.6) is 0 Å². The van der Waals surface area contributed by atoms with E-state index in [1.165, 1.54) is 0 Å². The van der Waals surface area contributed by atoms with E-state index < -0.39 is 17.4 Å². The molecule has 0 saturated carbocycles. The highest BCUT2D eigenvalue weighted by Crippen LogP contribution is 2.35. The number of alkyl halides is 3. The van der Waals surface area contributed by atoms with Crippen molar-refractivity contribution in [1.82, 2.24) is 10.3 Å². The number of nitrogen functional groups attached to an aromatic ring is 1. The number of hydrogen-bond donors (Lipinski definition) is 2. The molecule has 0 spiro atoms. The van der Waals surface area contributed by atoms with Gasteiger partial charge in [0.15, 0.2) is 0 Å². The van der Waals surface area contributed by atoms with E-state index in [9.17, 15) is 18.0 Å². The van der Waals surface area contributed by atoms with Gasteiger partial charge < -0.3 is 16.0 Å². The minimum atomic E-state index is -4.55. The smallest absolute Gasteiger partial charge is 0.396 e. The van der Waals surface area contributed by atoms with Crippen LogP contribution in [0.2, 0.25) is 0 Å². The third-order valence-electron chi connectivity index (χ3n) is 3.34. The maximum atomic E-state index is 12.7. The Labute approximate surface area is 114 Å². The lowest BCUT2D eigenvalue weighted by atomic mass is 9.97. The molecule has 20 heavy (non-hydrogen) atoms. The average molecular weight is 288 g/mol. The van der Waals surface area contributed by atoms with Crippen LogP contribution in [0, 0.1) is 0 Å². The lowest BCUT2D eigenvalue weighted by Crippen LogP contribution is -2.62. The molecule has 3 N–H and O–H groups in total. The van der Waals surface area contributed by atoms with Gasteiger partial charge in [0, 0.05) is 13.1 Å². The van der Waals surface area contributed by atoms with Crippen molar-refractivity contribution in [2.45, 2.75) is 25.6 Å². The fourth-order valence-corrected chi connectivity index (χ4v) is 2.17. The monoisotopic (exact) mass is 288 g/mol. The maximum absolute atomic E-state index is 12.7. The highest BCUT2D eigenvalue weighted by atomic mass is 19.4. The van der Waals surface area contributed by atoms with Gasteiger partial charge in [-0.05, 0) is 19.9 Å². The predicted octanol–water partition coefficient (Wildman–Crippen LogP) is 1.40. The first-order valence-electron chi connectivity index (χ1n) is 6.02. The van der Waals surface area contributed by atoms with Crippen molar-refractivity contribution in [1.29, 1.82) is 0 Å². The lowest BCUT2D eigenvalue weighted by Gasteiger charge is -2.43. The summed E-state index contributed by atoms with van der Waals surface area (Å²) in [5.74, 6) is -0.256. The van der Waals surface area contributed by atoms with Gasteiger partial charge >= 0.3 is 6.18 Å². The molecule has 1 aliphatic rings. The second kappa shape index (κ2) is 4.53. The van der Waals surface area contributed by atoms with E-state index in [4.69, 9.17) is 5.73 Å². The van der Waals surface area contributed by atoms with Crippen LogP contribution in [0.15, 0.2) is 12.3 Å². The lowest BCUT2D eigenvalue weighted by molar-refractivity contribution is -0.141. The first kappa shape index (κ1) is 14.4. The quantitative estimate of drug-likeness (QED) is 0.819. The van der Waals surface area contributed by atoms with Crippen LogP contribution in [0.3, 0.4) is 0 Å². The number of nitrogens with one attached hydrogen (secondary N) is 1. The zero-order valence-electron chi connectivity index (χ0n) is 11.1. The number of nitrogens with two attached hydrogens (primary N) is 1. The van der Waals surface area contributed by atoms with Crippen molar-refractivity contribution in [3.8, 4) is 0 Å². The van der Waals surface area contributed by atoms with Crippen molar-refractivity contribution in [3.63, 3.8) is 0 Å². The second-order valence-corrected chi connectivity index (χ2v) is 5.09. The average Bonchev–Trinajstić information content (AvgIpc) is 2.32. The van der Waals surface area contributed by atoms with E-state index in [0.29, 0.717) is 13.1 Å². The van der Waals surface area contributed by atoms with Crippen molar-refractivity contribution in [2.24, 2.45) is 0 Å². The van der Waals surface area contributed by atoms with Crippen molar-refractivity contribution >= 4 is 17.3 Å². The van der Waals surface area contributed by atoms with E-state index in [0.717, 1.165) is 12.3 Å². The molecule has 1 saturated heterocycles. The number of amides is 1. The van der Waals surface area contributed by atoms with Crippen LogP contribution in [-0.4, -0.2) is 29.5 Å². The van der Waals surface area contributed by atoms with E-state index in [-0.39, 0.29) is 17.3 Å². The summed E-state index contributed by atoms with van der Waals surface area (Å²) in [5.41, 5.74) is 4.01. The number of carbonyl (C=O) groups is 1. The molecule has 1 aromatic heterocycles. The Bertz CT molecular complexity index is 542. The zero-order valence-corrected chi connectivity index (χ0v) is 11.1. The van der Waals surface area contributed by atoms with Crippen molar-refractivity contribution < 1.29 is 18.0 Å². The third-order valence-corrected chi connectivity index (χ3v) is 3.34. The summed E-state index contributed by atoms with van der Waals surface area (Å²) in [6.07, 6.45) is -3.58. The summed E-state index contributed by atoms with van der Waals surface area (Å²) in [5, 5.41) is 2.68. The first-order valence-corrected chi connectivity index (χ1v) is 6.02. The van der Waals surface area contributed by atoms with Gasteiger partial charge in [-0.2, -0.15) is 13.2 Å². The van der Waals surface area contributed by atoms with Gasteiger partial charge in [0.1, 0.15) is 11.2 Å². The molecule has 2 heterocycles. The van der Waals surface area contributed by atoms with E-state index in [1.54, 1.807) is 18.7 Å². The molecule has 8 heteroatoms. The Kier molecular flexibility index (Phi) is 3.27. The molecule has 0 unspecified atom stereocenters. The highest BCUT2D eigenvalue weighted by molar-refractivity contribution is 5.91. The number of pyridine rings is 1. The number of nitrogens with zero attached hydrogens (tertiary/aromatic N) is 2. The number of anilines is 2. The summed E-state index contributed by atoms with van der Waals surface area (Å²) >= 11 is 0. The molecule has 0 aliphatic carbocycles. The molecule has 1 amide bonds. The summed E-state index contributed by atoms with van der Waals surface area (Å²) in [7, 11) is 0. The van der Waals surface area contributed by atoms with E-state index in [2.05, 4.69) is 10.3 Å². The van der Waals surface area contributed by atoms with Crippen LogP contribution in [0.25, 0.3) is 0 Å². The minimum Gasteiger partial charge on any atom is -0.396 e. The summed E-state index contributed by atoms with van der Waals surface area (Å²) in [6.45, 7) is 4.00. The topological polar surface area (TPSA) is 71.2 Å². The largest absolute Gasteiger partial charge is 0.433 e. The first-order chi connectivity index (χ1) is 9.14. The Balaban J connectivity index is 2.49. The summed E-state index contributed by atoms with van der Waals surface area (Å²) < 4.78 is 38.2. The van der Waals surface area contributed by atoms with Gasteiger partial charge in [-0.1, -0.05) is 0 Å². The number of aromatic nitrogens is 1. The molecule has 5 nitrogen and oxygen atoms in total. The van der Waals surface area contributed by atoms with Crippen LogP contribution >= 0.6 is 0 Å². The maximum Gasteiger partial charge on any atom is 0.433 e. The number of halogens is 3. The number of carbonyl (C=O) groups excluding carboxylic acids is 1. The molecule has 1 fully saturated rings. The molecule has 0 bridgehead atoms. The number of hydrogen-bond acceptors (Lipinski definition) is 4. The van der Waals surface area contributed by atoms with Crippen LogP contribution < -0.4 is 16.0 Å². The molecule has 1 aromatic rings. The molecule has 0 aromatic carbocycles. The molecular formula is C12H15F3N4O. The van der Waals surface area contributed by atoms with Crippen LogP contribution in [-0.2, 0) is 11.0 Å². The van der Waals surface area contributed by atoms with Gasteiger partial charge in [0.2, 0.25) is 5.91 Å². The normalized spacial score (nSPS) is 18.9. The summed E-state index contributed by atoms with van der Waals surface area (Å²) in [4.78, 5) is 16.7. The molecule has 1 aliphatic heterocycles. The SMILES string of the molecule is CC1(C)C(=O)NCCN1c1cc(C(F)(F)F)ncc1N. The Hall–Kier alpha value is -1.99.